The highest BCUT2D eigenvalue weighted by atomic mass is 32.2. The maximum absolute atomic E-state index is 12.9. The molecule has 2 saturated carbocycles. The van der Waals surface area contributed by atoms with Gasteiger partial charge in [0, 0.05) is 25.4 Å². The summed E-state index contributed by atoms with van der Waals surface area (Å²) in [5.74, 6) is 1.99. The Morgan fingerprint density at radius 2 is 1.75 bits per heavy atom. The molecule has 3 heterocycles. The van der Waals surface area contributed by atoms with Crippen LogP contribution in [0.25, 0.3) is 0 Å². The Morgan fingerprint density at radius 3 is 2.46 bits per heavy atom. The molecule has 1 aromatic heterocycles. The van der Waals surface area contributed by atoms with Gasteiger partial charge in [0.2, 0.25) is 11.8 Å². The second kappa shape index (κ2) is 6.82. The van der Waals surface area contributed by atoms with Crippen molar-refractivity contribution >= 4 is 15.7 Å². The zero-order valence-electron chi connectivity index (χ0n) is 16.3. The van der Waals surface area contributed by atoms with Gasteiger partial charge >= 0.3 is 0 Å². The molecule has 1 aromatic rings. The lowest BCUT2D eigenvalue weighted by atomic mass is 9.82. The predicted octanol–water partition coefficient (Wildman–Crippen LogP) is 2.79. The maximum Gasteiger partial charge on any atom is 0.231 e. The van der Waals surface area contributed by atoms with Crippen molar-refractivity contribution in [3.63, 3.8) is 0 Å². The van der Waals surface area contributed by atoms with E-state index in [1.807, 2.05) is 0 Å². The molecule has 4 aliphatic rings. The average molecular weight is 408 g/mol. The lowest BCUT2D eigenvalue weighted by Crippen LogP contribution is -2.67. The highest BCUT2D eigenvalue weighted by molar-refractivity contribution is 7.93. The average Bonchev–Trinajstić information content (AvgIpc) is 3.39. The Kier molecular flexibility index (Phi) is 4.52. The number of carbonyl (C=O) groups excluding carboxylic acids is 1. The molecule has 4 fully saturated rings. The first kappa shape index (κ1) is 18.6. The first-order valence-electron chi connectivity index (χ1n) is 10.8. The Labute approximate surface area is 166 Å². The Balaban J connectivity index is 1.32. The predicted molar refractivity (Wildman–Crippen MR) is 103 cm³/mol. The Morgan fingerprint density at radius 1 is 1.07 bits per heavy atom. The molecule has 0 bridgehead atoms. The lowest BCUT2D eigenvalue weighted by molar-refractivity contribution is -0.137. The molecule has 154 valence electrons. The molecule has 1 atom stereocenters. The van der Waals surface area contributed by atoms with Crippen molar-refractivity contribution in [3.8, 4) is 0 Å². The van der Waals surface area contributed by atoms with Gasteiger partial charge in [0.1, 0.15) is 4.75 Å². The standard InChI is InChI=1S/C20H29N3O4S/c24-17(11-14-5-1-2-6-14)23-12-20(13-23)16(9-10-28(20,25)26)19-21-18(22-27-19)15-7-3-4-8-15/h14-16H,1-13H2. The highest BCUT2D eigenvalue weighted by Crippen LogP contribution is 2.50. The molecule has 2 aliphatic carbocycles. The molecule has 1 amide bonds. The largest absolute Gasteiger partial charge is 0.339 e. The smallest absolute Gasteiger partial charge is 0.231 e. The van der Waals surface area contributed by atoms with Crippen molar-refractivity contribution in [1.82, 2.24) is 15.0 Å². The quantitative estimate of drug-likeness (QED) is 0.762. The van der Waals surface area contributed by atoms with E-state index in [9.17, 15) is 13.2 Å². The molecule has 28 heavy (non-hydrogen) atoms. The van der Waals surface area contributed by atoms with Crippen LogP contribution < -0.4 is 0 Å². The summed E-state index contributed by atoms with van der Waals surface area (Å²) in [6, 6.07) is 0. The van der Waals surface area contributed by atoms with Gasteiger partial charge in [-0.2, -0.15) is 4.98 Å². The zero-order valence-corrected chi connectivity index (χ0v) is 17.1. The number of hydrogen-bond donors (Lipinski definition) is 0. The topological polar surface area (TPSA) is 93.4 Å². The summed E-state index contributed by atoms with van der Waals surface area (Å²) in [6.07, 6.45) is 10.3. The zero-order chi connectivity index (χ0) is 19.4. The number of amides is 1. The number of sulfone groups is 1. The molecule has 5 rings (SSSR count). The van der Waals surface area contributed by atoms with Crippen LogP contribution in [0.15, 0.2) is 4.52 Å². The summed E-state index contributed by atoms with van der Waals surface area (Å²) in [7, 11) is -3.27. The molecular weight excluding hydrogens is 378 g/mol. The maximum atomic E-state index is 12.9. The fourth-order valence-electron chi connectivity index (χ4n) is 5.83. The molecule has 2 aliphatic heterocycles. The van der Waals surface area contributed by atoms with Gasteiger partial charge in [0.15, 0.2) is 15.7 Å². The van der Waals surface area contributed by atoms with E-state index in [0.717, 1.165) is 31.5 Å². The van der Waals surface area contributed by atoms with Crippen LogP contribution in [0.3, 0.4) is 0 Å². The minimum Gasteiger partial charge on any atom is -0.339 e. The first-order valence-corrected chi connectivity index (χ1v) is 12.5. The third-order valence-electron chi connectivity index (χ3n) is 7.61. The van der Waals surface area contributed by atoms with Crippen molar-refractivity contribution < 1.29 is 17.7 Å². The van der Waals surface area contributed by atoms with Gasteiger partial charge in [0.25, 0.3) is 0 Å². The molecule has 2 saturated heterocycles. The molecule has 0 N–H and O–H groups in total. The Bertz CT molecular complexity index is 847. The van der Waals surface area contributed by atoms with Crippen LogP contribution in [0.2, 0.25) is 0 Å². The molecule has 0 aromatic carbocycles. The fraction of sp³-hybridized carbons (Fsp3) is 0.850. The van der Waals surface area contributed by atoms with Crippen molar-refractivity contribution in [1.29, 1.82) is 0 Å². The van der Waals surface area contributed by atoms with Crippen molar-refractivity contribution in [2.75, 3.05) is 18.8 Å². The SMILES string of the molecule is O=C(CC1CCCC1)N1CC2(C1)C(c1nc(C3CCCC3)no1)CCS2(=O)=O. The summed E-state index contributed by atoms with van der Waals surface area (Å²) in [5.41, 5.74) is 0. The van der Waals surface area contributed by atoms with E-state index in [-0.39, 0.29) is 30.7 Å². The second-order valence-electron chi connectivity index (χ2n) is 9.30. The third-order valence-corrected chi connectivity index (χ3v) is 10.2. The van der Waals surface area contributed by atoms with Crippen molar-refractivity contribution in [2.45, 2.75) is 80.8 Å². The van der Waals surface area contributed by atoms with E-state index in [0.29, 0.717) is 30.6 Å². The van der Waals surface area contributed by atoms with Crippen molar-refractivity contribution in [3.05, 3.63) is 11.7 Å². The van der Waals surface area contributed by atoms with E-state index in [1.165, 1.54) is 25.7 Å². The van der Waals surface area contributed by atoms with Crippen LogP contribution in [0.1, 0.15) is 87.8 Å². The van der Waals surface area contributed by atoms with Gasteiger partial charge in [-0.05, 0) is 38.0 Å². The number of nitrogens with zero attached hydrogens (tertiary/aromatic N) is 3. The minimum absolute atomic E-state index is 0.107. The van der Waals surface area contributed by atoms with Gasteiger partial charge in [-0.15, -0.1) is 0 Å². The van der Waals surface area contributed by atoms with Gasteiger partial charge in [0.05, 0.1) is 11.7 Å². The van der Waals surface area contributed by atoms with Crippen LogP contribution in [-0.2, 0) is 14.6 Å². The third kappa shape index (κ3) is 2.90. The lowest BCUT2D eigenvalue weighted by Gasteiger charge is -2.49. The second-order valence-corrected chi connectivity index (χ2v) is 11.8. The van der Waals surface area contributed by atoms with Gasteiger partial charge < -0.3 is 9.42 Å². The molecular formula is C20H29N3O4S. The van der Waals surface area contributed by atoms with E-state index in [4.69, 9.17) is 4.52 Å². The van der Waals surface area contributed by atoms with Crippen LogP contribution >= 0.6 is 0 Å². The van der Waals surface area contributed by atoms with Crippen molar-refractivity contribution in [2.24, 2.45) is 5.92 Å². The number of rotatable bonds is 4. The normalized spacial score (nSPS) is 29.6. The van der Waals surface area contributed by atoms with Gasteiger partial charge in [-0.1, -0.05) is 30.8 Å². The van der Waals surface area contributed by atoms with E-state index in [1.54, 1.807) is 4.90 Å². The number of hydrogen-bond acceptors (Lipinski definition) is 6. The van der Waals surface area contributed by atoms with Crippen LogP contribution in [0, 0.1) is 5.92 Å². The highest BCUT2D eigenvalue weighted by Gasteiger charge is 2.64. The minimum atomic E-state index is -3.27. The van der Waals surface area contributed by atoms with E-state index < -0.39 is 14.6 Å². The van der Waals surface area contributed by atoms with Crippen LogP contribution in [0.5, 0.6) is 0 Å². The summed E-state index contributed by atoms with van der Waals surface area (Å²) in [4.78, 5) is 19.0. The van der Waals surface area contributed by atoms with Gasteiger partial charge in [-0.3, -0.25) is 4.79 Å². The summed E-state index contributed by atoms with van der Waals surface area (Å²) in [5, 5.41) is 4.18. The number of aromatic nitrogens is 2. The molecule has 1 spiro atoms. The molecule has 7 nitrogen and oxygen atoms in total. The van der Waals surface area contributed by atoms with E-state index >= 15 is 0 Å². The monoisotopic (exact) mass is 407 g/mol. The molecule has 0 radical (unpaired) electrons. The first-order chi connectivity index (χ1) is 13.5. The van der Waals surface area contributed by atoms with Gasteiger partial charge in [-0.25, -0.2) is 8.42 Å². The van der Waals surface area contributed by atoms with E-state index in [2.05, 4.69) is 10.1 Å². The summed E-state index contributed by atoms with van der Waals surface area (Å²) >= 11 is 0. The molecule has 1 unspecified atom stereocenters. The number of carbonyl (C=O) groups is 1. The summed E-state index contributed by atoms with van der Waals surface area (Å²) in [6.45, 7) is 0.569. The fourth-order valence-corrected chi connectivity index (χ4v) is 8.14. The van der Waals surface area contributed by atoms with Crippen LogP contribution in [-0.4, -0.2) is 53.0 Å². The molecule has 8 heteroatoms. The number of likely N-dealkylation sites (tertiary alicyclic amines) is 1. The summed E-state index contributed by atoms with van der Waals surface area (Å²) < 4.78 is 30.4. The Hall–Kier alpha value is -1.44. The van der Waals surface area contributed by atoms with Crippen LogP contribution in [0.4, 0.5) is 0 Å².